The Labute approximate surface area is 165 Å². The van der Waals surface area contributed by atoms with Crippen LogP contribution in [0.5, 0.6) is 0 Å². The molecule has 0 aromatic heterocycles. The minimum atomic E-state index is -5.06. The van der Waals surface area contributed by atoms with Gasteiger partial charge in [-0.05, 0) is 0 Å². The van der Waals surface area contributed by atoms with Crippen LogP contribution in [0.15, 0.2) is 0 Å². The molecule has 168 valence electrons. The number of carboxylic acids is 1. The number of amides is 1. The van der Waals surface area contributed by atoms with Crippen molar-refractivity contribution in [2.75, 3.05) is 13.2 Å². The highest BCUT2D eigenvalue weighted by atomic mass is 32.3. The van der Waals surface area contributed by atoms with E-state index in [4.69, 9.17) is 14.2 Å². The fourth-order valence-corrected chi connectivity index (χ4v) is 3.33. The Balaban J connectivity index is 2.21. The predicted molar refractivity (Wildman–Crippen MR) is 84.2 cm³/mol. The van der Waals surface area contributed by atoms with E-state index in [1.54, 1.807) is 0 Å². The molecule has 2 rings (SSSR count). The van der Waals surface area contributed by atoms with Crippen molar-refractivity contribution in [1.29, 1.82) is 0 Å². The summed E-state index contributed by atoms with van der Waals surface area (Å²) in [7, 11) is -5.06. The van der Waals surface area contributed by atoms with E-state index in [-0.39, 0.29) is 6.42 Å². The summed E-state index contributed by atoms with van der Waals surface area (Å²) >= 11 is 0. The van der Waals surface area contributed by atoms with Crippen LogP contribution >= 0.6 is 0 Å². The molecule has 0 aliphatic carbocycles. The maximum atomic E-state index is 11.4. The third-order valence-corrected chi connectivity index (χ3v) is 4.73. The lowest BCUT2D eigenvalue weighted by Gasteiger charge is -2.44. The highest BCUT2D eigenvalue weighted by Gasteiger charge is 2.46. The minimum absolute atomic E-state index is 0.267. The fraction of sp³-hybridized carbons (Fsp3) is 0.857. The highest BCUT2D eigenvalue weighted by Crippen LogP contribution is 2.27. The van der Waals surface area contributed by atoms with E-state index in [1.807, 2.05) is 0 Å². The second-order valence-electron chi connectivity index (χ2n) is 6.58. The van der Waals surface area contributed by atoms with Crippen molar-refractivity contribution >= 4 is 22.3 Å². The molecular formula is C14H21NO13S-2. The number of hydrogen-bond donors (Lipinski definition) is 4. The summed E-state index contributed by atoms with van der Waals surface area (Å²) in [5, 5.41) is 43.7. The van der Waals surface area contributed by atoms with Gasteiger partial charge in [-0.1, -0.05) is 0 Å². The zero-order chi connectivity index (χ0) is 21.9. The normalized spacial score (nSPS) is 38.4. The average molecular weight is 443 g/mol. The molecule has 29 heavy (non-hydrogen) atoms. The molecule has 0 aromatic rings. The molecule has 4 unspecified atom stereocenters. The second kappa shape index (κ2) is 9.59. The topological polar surface area (TPSA) is 224 Å². The molecule has 0 spiro atoms. The summed E-state index contributed by atoms with van der Waals surface area (Å²) in [6.07, 6.45) is -11.3. The van der Waals surface area contributed by atoms with Crippen LogP contribution in [0.4, 0.5) is 0 Å². The van der Waals surface area contributed by atoms with Gasteiger partial charge in [0.05, 0.1) is 31.4 Å². The van der Waals surface area contributed by atoms with Crippen molar-refractivity contribution in [3.8, 4) is 0 Å². The van der Waals surface area contributed by atoms with Crippen LogP contribution in [0.25, 0.3) is 0 Å². The van der Waals surface area contributed by atoms with E-state index in [9.17, 15) is 43.0 Å². The van der Waals surface area contributed by atoms with Crippen molar-refractivity contribution in [3.05, 3.63) is 0 Å². The molecule has 0 bridgehead atoms. The van der Waals surface area contributed by atoms with E-state index >= 15 is 0 Å². The molecular weight excluding hydrogens is 422 g/mol. The number of carbonyl (C=O) groups is 2. The highest BCUT2D eigenvalue weighted by molar-refractivity contribution is 7.80. The molecule has 0 saturated carbocycles. The van der Waals surface area contributed by atoms with E-state index in [2.05, 4.69) is 9.50 Å². The Kier molecular flexibility index (Phi) is 7.88. The van der Waals surface area contributed by atoms with Gasteiger partial charge in [-0.25, -0.2) is 8.42 Å². The number of hydrogen-bond acceptors (Lipinski definition) is 13. The van der Waals surface area contributed by atoms with Crippen molar-refractivity contribution < 1.29 is 61.4 Å². The molecule has 15 heteroatoms. The summed E-state index contributed by atoms with van der Waals surface area (Å²) in [5.41, 5.74) is 0. The van der Waals surface area contributed by atoms with E-state index in [0.717, 1.165) is 6.92 Å². The van der Waals surface area contributed by atoms with Crippen molar-refractivity contribution in [2.24, 2.45) is 0 Å². The van der Waals surface area contributed by atoms with Gasteiger partial charge in [0, 0.05) is 13.3 Å². The van der Waals surface area contributed by atoms with Gasteiger partial charge in [-0.15, -0.1) is 0 Å². The van der Waals surface area contributed by atoms with Crippen LogP contribution in [0.2, 0.25) is 0 Å². The maximum Gasteiger partial charge on any atom is 0.217 e. The second-order valence-corrected chi connectivity index (χ2v) is 7.63. The molecule has 2 fully saturated rings. The number of aliphatic carboxylic acids is 1. The Bertz CT molecular complexity index is 700. The van der Waals surface area contributed by atoms with Crippen molar-refractivity contribution in [3.63, 3.8) is 0 Å². The van der Waals surface area contributed by atoms with E-state index < -0.39 is 84.4 Å². The fourth-order valence-electron chi connectivity index (χ4n) is 3.01. The smallest absolute Gasteiger partial charge is 0.217 e. The van der Waals surface area contributed by atoms with Gasteiger partial charge in [0.15, 0.2) is 6.29 Å². The summed E-state index contributed by atoms with van der Waals surface area (Å²) in [4.78, 5) is 22.7. The molecule has 14 nitrogen and oxygen atoms in total. The quantitative estimate of drug-likeness (QED) is 0.213. The van der Waals surface area contributed by atoms with Gasteiger partial charge >= 0.3 is 0 Å². The lowest BCUT2D eigenvalue weighted by atomic mass is 9.97. The molecule has 2 saturated heterocycles. The summed E-state index contributed by atoms with van der Waals surface area (Å²) in [6, 6.07) is -1.26. The molecule has 2 heterocycles. The maximum absolute atomic E-state index is 11.4. The third kappa shape index (κ3) is 6.53. The molecule has 8 atom stereocenters. The number of carboxylic acid groups (broad SMARTS) is 1. The number of rotatable bonds is 7. The molecule has 2 aliphatic heterocycles. The lowest BCUT2D eigenvalue weighted by molar-refractivity contribution is -0.340. The predicted octanol–water partition coefficient (Wildman–Crippen LogP) is -5.30. The zero-order valence-electron chi connectivity index (χ0n) is 15.1. The summed E-state index contributed by atoms with van der Waals surface area (Å²) in [6.45, 7) is -0.179. The molecule has 1 amide bonds. The van der Waals surface area contributed by atoms with E-state index in [1.165, 1.54) is 0 Å². The Morgan fingerprint density at radius 3 is 2.45 bits per heavy atom. The summed E-state index contributed by atoms with van der Waals surface area (Å²) in [5.74, 6) is -2.37. The summed E-state index contributed by atoms with van der Waals surface area (Å²) < 4.78 is 51.7. The van der Waals surface area contributed by atoms with Crippen molar-refractivity contribution in [1.82, 2.24) is 5.32 Å². The average Bonchev–Trinajstić information content (AvgIpc) is 2.59. The van der Waals surface area contributed by atoms with Crippen LogP contribution in [0, 0.1) is 0 Å². The number of nitrogens with one attached hydrogen (secondary N) is 1. The minimum Gasteiger partial charge on any atom is -0.726 e. The number of aliphatic hydroxyl groups is 3. The van der Waals surface area contributed by atoms with Gasteiger partial charge in [-0.2, -0.15) is 0 Å². The Morgan fingerprint density at radius 2 is 1.90 bits per heavy atom. The Hall–Kier alpha value is -1.43. The first-order chi connectivity index (χ1) is 13.4. The van der Waals surface area contributed by atoms with Crippen LogP contribution in [-0.2, 0) is 38.4 Å². The van der Waals surface area contributed by atoms with Crippen molar-refractivity contribution in [2.45, 2.75) is 62.3 Å². The van der Waals surface area contributed by atoms with Gasteiger partial charge in [0.1, 0.15) is 30.5 Å². The van der Waals surface area contributed by atoms with Crippen LogP contribution < -0.4 is 10.4 Å². The van der Waals surface area contributed by atoms with Gasteiger partial charge in [0.25, 0.3) is 0 Å². The van der Waals surface area contributed by atoms with Gasteiger partial charge in [-0.3, -0.25) is 8.98 Å². The molecule has 0 aromatic carbocycles. The largest absolute Gasteiger partial charge is 0.726 e. The van der Waals surface area contributed by atoms with Crippen LogP contribution in [-0.4, -0.2) is 102 Å². The molecule has 2 aliphatic rings. The number of ether oxygens (including phenoxy) is 3. The number of aliphatic hydroxyl groups excluding tert-OH is 3. The number of carbonyl (C=O) groups excluding carboxylic acids is 2. The SMILES string of the molecule is CC(=O)NC1[C@H](O[C@H]2C(C(=O)[O-])OCC(O)[C@H]2O)OC(COS(=O)(=O)[O-])C[C@@H]1O. The zero-order valence-corrected chi connectivity index (χ0v) is 15.9. The third-order valence-electron chi connectivity index (χ3n) is 4.31. The first-order valence-corrected chi connectivity index (χ1v) is 9.77. The lowest BCUT2D eigenvalue weighted by Crippen LogP contribution is -2.64. The molecule has 0 radical (unpaired) electrons. The van der Waals surface area contributed by atoms with Crippen LogP contribution in [0.1, 0.15) is 13.3 Å². The standard InChI is InChI=1S/C14H23NO13S/c1-5(16)15-9-7(17)2-6(3-26-29(22,23)24)27-14(9)28-11-10(19)8(18)4-25-12(11)13(20)21/h6-12,14,17-19H,2-4H2,1H3,(H,15,16)(H,20,21)(H,22,23,24)/p-2/t6?,7-,8?,9?,10+,11+,12?,14-/m0/s1. The van der Waals surface area contributed by atoms with Gasteiger partial charge in [0.2, 0.25) is 16.3 Å². The Morgan fingerprint density at radius 1 is 1.24 bits per heavy atom. The first-order valence-electron chi connectivity index (χ1n) is 8.44. The first kappa shape index (κ1) is 23.8. The van der Waals surface area contributed by atoms with E-state index in [0.29, 0.717) is 0 Å². The van der Waals surface area contributed by atoms with Crippen LogP contribution in [0.3, 0.4) is 0 Å². The monoisotopic (exact) mass is 443 g/mol. The molecule has 4 N–H and O–H groups in total. The van der Waals surface area contributed by atoms with Gasteiger partial charge < -0.3 is 49.3 Å².